The van der Waals surface area contributed by atoms with Crippen LogP contribution in [0.2, 0.25) is 0 Å². The predicted octanol–water partition coefficient (Wildman–Crippen LogP) is 5.98. The molecule has 0 rings (SSSR count). The number of allylic oxidation sites excluding steroid dienone is 10. The highest BCUT2D eigenvalue weighted by atomic mass is 19.2. The van der Waals surface area contributed by atoms with Gasteiger partial charge in [-0.15, -0.1) is 0 Å². The fraction of sp³-hybridized carbons (Fsp3) is 0.0588. The molecule has 3 heteroatoms. The Balaban J connectivity index is 5.05. The van der Waals surface area contributed by atoms with E-state index in [0.29, 0.717) is 0 Å². The molecular weight excluding hydrogens is 261 g/mol. The Kier molecular flexibility index (Phi) is 6.50. The predicted molar refractivity (Wildman–Crippen MR) is 80.0 cm³/mol. The molecule has 0 aromatic carbocycles. The SMILES string of the molecule is C=C(F)C(=C)C(=C)/C=C\C(=C)C(=C)/C(F)=C(/F)C(=C)C. The Morgan fingerprint density at radius 3 is 1.45 bits per heavy atom. The van der Waals surface area contributed by atoms with Crippen LogP contribution in [0.3, 0.4) is 0 Å². The molecule has 0 nitrogen and oxygen atoms in total. The van der Waals surface area contributed by atoms with Crippen LogP contribution in [-0.2, 0) is 0 Å². The van der Waals surface area contributed by atoms with Crippen molar-refractivity contribution in [2.75, 3.05) is 0 Å². The summed E-state index contributed by atoms with van der Waals surface area (Å²) in [7, 11) is 0. The summed E-state index contributed by atoms with van der Waals surface area (Å²) in [5.74, 6) is -2.93. The van der Waals surface area contributed by atoms with Gasteiger partial charge in [0.1, 0.15) is 5.83 Å². The standard InChI is InChI=1S/C17H17F3/c1-10(2)16(19)17(20)14(6)12(4)9-8-11(3)13(5)15(7)18/h8-9H,1,3-7H2,2H3/b9-8-,17-16-. The summed E-state index contributed by atoms with van der Waals surface area (Å²) in [6.45, 7) is 21.7. The van der Waals surface area contributed by atoms with E-state index in [2.05, 4.69) is 39.5 Å². The molecule has 0 aliphatic carbocycles. The van der Waals surface area contributed by atoms with E-state index in [1.807, 2.05) is 0 Å². The van der Waals surface area contributed by atoms with Gasteiger partial charge in [0.05, 0.1) is 0 Å². The van der Waals surface area contributed by atoms with Crippen LogP contribution in [0, 0.1) is 0 Å². The van der Waals surface area contributed by atoms with Gasteiger partial charge in [-0.1, -0.05) is 51.6 Å². The maximum absolute atomic E-state index is 13.6. The molecule has 106 valence electrons. The Hall–Kier alpha value is -2.29. The molecule has 0 atom stereocenters. The van der Waals surface area contributed by atoms with Crippen LogP contribution >= 0.6 is 0 Å². The number of hydrogen-bond acceptors (Lipinski definition) is 0. The Morgan fingerprint density at radius 1 is 0.700 bits per heavy atom. The van der Waals surface area contributed by atoms with Crippen LogP contribution in [0.15, 0.2) is 97.0 Å². The zero-order chi connectivity index (χ0) is 16.0. The van der Waals surface area contributed by atoms with Crippen molar-refractivity contribution < 1.29 is 13.2 Å². The normalized spacial score (nSPS) is 11.8. The molecular formula is C17H17F3. The minimum absolute atomic E-state index is 0.0174. The number of rotatable bonds is 7. The molecule has 0 heterocycles. The molecule has 0 unspecified atom stereocenters. The van der Waals surface area contributed by atoms with Crippen LogP contribution in [0.5, 0.6) is 0 Å². The van der Waals surface area contributed by atoms with E-state index < -0.39 is 17.5 Å². The average Bonchev–Trinajstić information content (AvgIpc) is 2.40. The molecule has 20 heavy (non-hydrogen) atoms. The molecule has 0 fully saturated rings. The van der Waals surface area contributed by atoms with Crippen molar-refractivity contribution >= 4 is 0 Å². The van der Waals surface area contributed by atoms with Crippen LogP contribution in [0.25, 0.3) is 0 Å². The molecule has 0 spiro atoms. The zero-order valence-corrected chi connectivity index (χ0v) is 11.5. The van der Waals surface area contributed by atoms with Crippen LogP contribution in [-0.4, -0.2) is 0 Å². The second-order valence-electron chi connectivity index (χ2n) is 4.15. The van der Waals surface area contributed by atoms with E-state index in [1.165, 1.54) is 19.1 Å². The Bertz CT molecular complexity index is 569. The molecule has 0 amide bonds. The van der Waals surface area contributed by atoms with E-state index in [1.54, 1.807) is 0 Å². The summed E-state index contributed by atoms with van der Waals surface area (Å²) in [4.78, 5) is 0. The molecule has 0 aromatic rings. The third kappa shape index (κ3) is 4.76. The van der Waals surface area contributed by atoms with Crippen molar-refractivity contribution in [2.45, 2.75) is 6.92 Å². The lowest BCUT2D eigenvalue weighted by Crippen LogP contribution is -1.90. The molecule has 0 aromatic heterocycles. The van der Waals surface area contributed by atoms with Gasteiger partial charge in [-0.05, 0) is 23.6 Å². The fourth-order valence-electron chi connectivity index (χ4n) is 1.04. The third-order valence-electron chi connectivity index (χ3n) is 2.42. The first-order valence-corrected chi connectivity index (χ1v) is 5.60. The van der Waals surface area contributed by atoms with Gasteiger partial charge in [-0.25, -0.2) is 13.2 Å². The minimum Gasteiger partial charge on any atom is -0.207 e. The summed E-state index contributed by atoms with van der Waals surface area (Å²) in [5, 5.41) is 0. The molecule has 0 aliphatic heterocycles. The first-order chi connectivity index (χ1) is 9.09. The zero-order valence-electron chi connectivity index (χ0n) is 11.5. The maximum atomic E-state index is 13.6. The van der Waals surface area contributed by atoms with Crippen molar-refractivity contribution in [3.8, 4) is 0 Å². The smallest absolute Gasteiger partial charge is 0.166 e. The topological polar surface area (TPSA) is 0 Å². The first-order valence-electron chi connectivity index (χ1n) is 5.60. The van der Waals surface area contributed by atoms with Gasteiger partial charge in [0.15, 0.2) is 11.7 Å². The van der Waals surface area contributed by atoms with Crippen molar-refractivity contribution in [3.63, 3.8) is 0 Å². The van der Waals surface area contributed by atoms with Crippen LogP contribution < -0.4 is 0 Å². The molecule has 0 saturated carbocycles. The van der Waals surface area contributed by atoms with Gasteiger partial charge in [-0.3, -0.25) is 0 Å². The molecule has 0 N–H and O–H groups in total. The Labute approximate surface area is 118 Å². The highest BCUT2D eigenvalue weighted by Crippen LogP contribution is 2.26. The highest BCUT2D eigenvalue weighted by Gasteiger charge is 2.12. The number of halogens is 3. The van der Waals surface area contributed by atoms with Crippen molar-refractivity contribution in [3.05, 3.63) is 97.0 Å². The summed E-state index contributed by atoms with van der Waals surface area (Å²) in [6.07, 6.45) is 2.70. The van der Waals surface area contributed by atoms with Gasteiger partial charge >= 0.3 is 0 Å². The van der Waals surface area contributed by atoms with E-state index in [0.717, 1.165) is 0 Å². The van der Waals surface area contributed by atoms with Gasteiger partial charge in [-0.2, -0.15) is 0 Å². The Morgan fingerprint density at radius 2 is 1.10 bits per heavy atom. The van der Waals surface area contributed by atoms with E-state index in [4.69, 9.17) is 0 Å². The summed E-state index contributed by atoms with van der Waals surface area (Å²) in [5.41, 5.74) is 0.114. The van der Waals surface area contributed by atoms with Gasteiger partial charge < -0.3 is 0 Å². The van der Waals surface area contributed by atoms with Gasteiger partial charge in [0, 0.05) is 11.1 Å². The first kappa shape index (κ1) is 17.7. The lowest BCUT2D eigenvalue weighted by molar-refractivity contribution is 0.558. The maximum Gasteiger partial charge on any atom is 0.166 e. The highest BCUT2D eigenvalue weighted by molar-refractivity contribution is 5.52. The van der Waals surface area contributed by atoms with Crippen molar-refractivity contribution in [1.29, 1.82) is 0 Å². The summed E-state index contributed by atoms with van der Waals surface area (Å²) in [6, 6.07) is 0. The third-order valence-corrected chi connectivity index (χ3v) is 2.42. The molecule has 0 bridgehead atoms. The summed E-state index contributed by atoms with van der Waals surface area (Å²) >= 11 is 0. The monoisotopic (exact) mass is 278 g/mol. The number of hydrogen-bond donors (Lipinski definition) is 0. The van der Waals surface area contributed by atoms with E-state index in [-0.39, 0.29) is 27.9 Å². The molecule has 0 aliphatic rings. The van der Waals surface area contributed by atoms with Crippen molar-refractivity contribution in [1.82, 2.24) is 0 Å². The lowest BCUT2D eigenvalue weighted by Gasteiger charge is -2.06. The molecule has 0 saturated heterocycles. The van der Waals surface area contributed by atoms with Crippen LogP contribution in [0.1, 0.15) is 6.92 Å². The quantitative estimate of drug-likeness (QED) is 0.503. The van der Waals surface area contributed by atoms with E-state index >= 15 is 0 Å². The van der Waals surface area contributed by atoms with Crippen molar-refractivity contribution in [2.24, 2.45) is 0 Å². The average molecular weight is 278 g/mol. The second-order valence-corrected chi connectivity index (χ2v) is 4.15. The lowest BCUT2D eigenvalue weighted by atomic mass is 10.0. The summed E-state index contributed by atoms with van der Waals surface area (Å²) < 4.78 is 39.8. The molecule has 0 radical (unpaired) electrons. The minimum atomic E-state index is -1.13. The van der Waals surface area contributed by atoms with Gasteiger partial charge in [0.2, 0.25) is 0 Å². The fourth-order valence-corrected chi connectivity index (χ4v) is 1.04. The largest absolute Gasteiger partial charge is 0.207 e. The second kappa shape index (κ2) is 7.34. The van der Waals surface area contributed by atoms with Gasteiger partial charge in [0.25, 0.3) is 0 Å². The van der Waals surface area contributed by atoms with E-state index in [9.17, 15) is 13.2 Å². The van der Waals surface area contributed by atoms with Crippen LogP contribution in [0.4, 0.5) is 13.2 Å².